The van der Waals surface area contributed by atoms with Gasteiger partial charge >= 0.3 is 0 Å². The number of carbonyl (C=O) groups is 2. The van der Waals surface area contributed by atoms with Crippen molar-refractivity contribution in [2.45, 2.75) is 45.7 Å². The molecule has 1 aromatic carbocycles. The zero-order valence-electron chi connectivity index (χ0n) is 23.0. The van der Waals surface area contributed by atoms with Gasteiger partial charge in [-0.1, -0.05) is 6.07 Å². The van der Waals surface area contributed by atoms with E-state index in [0.29, 0.717) is 66.5 Å². The van der Waals surface area contributed by atoms with E-state index >= 15 is 4.39 Å². The second-order valence-electron chi connectivity index (χ2n) is 10.1. The summed E-state index contributed by atoms with van der Waals surface area (Å²) in [6.07, 6.45) is 5.74. The molecule has 0 aliphatic carbocycles. The summed E-state index contributed by atoms with van der Waals surface area (Å²) < 4.78 is 23.3. The number of amides is 2. The number of aromatic nitrogens is 3. The number of benzene rings is 1. The van der Waals surface area contributed by atoms with Crippen molar-refractivity contribution in [3.8, 4) is 11.3 Å². The van der Waals surface area contributed by atoms with Gasteiger partial charge < -0.3 is 15.0 Å². The minimum Gasteiger partial charge on any atom is -0.381 e. The molecule has 0 radical (unpaired) electrons. The number of carbonyl (C=O) groups excluding carboxylic acids is 2. The maximum absolute atomic E-state index is 15.6. The van der Waals surface area contributed by atoms with Crippen molar-refractivity contribution < 1.29 is 18.7 Å². The van der Waals surface area contributed by atoms with Crippen LogP contribution in [0.2, 0.25) is 0 Å². The Balaban J connectivity index is 1.59. The third-order valence-electron chi connectivity index (χ3n) is 7.74. The van der Waals surface area contributed by atoms with Crippen LogP contribution in [-0.4, -0.2) is 65.0 Å². The van der Waals surface area contributed by atoms with Crippen LogP contribution in [0.15, 0.2) is 35.5 Å². The second-order valence-corrected chi connectivity index (χ2v) is 10.1. The second kappa shape index (κ2) is 11.5. The van der Waals surface area contributed by atoms with Crippen molar-refractivity contribution in [3.63, 3.8) is 0 Å². The Morgan fingerprint density at radius 1 is 1.23 bits per heavy atom. The van der Waals surface area contributed by atoms with E-state index in [1.165, 1.54) is 6.07 Å². The van der Waals surface area contributed by atoms with Crippen molar-refractivity contribution in [3.05, 3.63) is 69.9 Å². The first-order chi connectivity index (χ1) is 19.3. The van der Waals surface area contributed by atoms with Gasteiger partial charge in [0, 0.05) is 75.3 Å². The zero-order chi connectivity index (χ0) is 28.4. The first kappa shape index (κ1) is 27.4. The first-order valence-corrected chi connectivity index (χ1v) is 13.4. The highest BCUT2D eigenvalue weighted by atomic mass is 19.1. The molecule has 2 amide bonds. The largest absolute Gasteiger partial charge is 0.381 e. The van der Waals surface area contributed by atoms with Crippen LogP contribution in [0.25, 0.3) is 23.0 Å². The normalized spacial score (nSPS) is 16.0. The molecule has 0 bridgehead atoms. The van der Waals surface area contributed by atoms with Crippen LogP contribution < -0.4 is 5.32 Å². The van der Waals surface area contributed by atoms with Crippen LogP contribution in [0, 0.1) is 12.7 Å². The van der Waals surface area contributed by atoms with Gasteiger partial charge in [-0.3, -0.25) is 24.2 Å². The van der Waals surface area contributed by atoms with Crippen molar-refractivity contribution in [2.24, 2.45) is 4.99 Å². The standard InChI is InChI=1S/C30H33FN6O3/c1-18-20(15-26(32-3)21-6-8-25(34-16-21)30(39)33-4)5-7-24(31)28(18)29-23-17-36(19(2)38)12-9-27(23)37(35-29)22-10-13-40-14-11-22/h5-8,15-16,22H,3,9-14,17H2,1-2,4H3,(H,33,39)/b26-15-. The number of nitrogens with one attached hydrogen (secondary N) is 1. The van der Waals surface area contributed by atoms with E-state index < -0.39 is 0 Å². The van der Waals surface area contributed by atoms with Crippen molar-refractivity contribution in [1.82, 2.24) is 25.0 Å². The highest BCUT2D eigenvalue weighted by Crippen LogP contribution is 2.38. The lowest BCUT2D eigenvalue weighted by Gasteiger charge is -2.29. The summed E-state index contributed by atoms with van der Waals surface area (Å²) in [6.45, 7) is 9.47. The molecule has 10 heteroatoms. The monoisotopic (exact) mass is 544 g/mol. The summed E-state index contributed by atoms with van der Waals surface area (Å²) in [5, 5.41) is 7.56. The topological polar surface area (TPSA) is 102 Å². The van der Waals surface area contributed by atoms with Gasteiger partial charge in [0.2, 0.25) is 5.91 Å². The van der Waals surface area contributed by atoms with Crippen LogP contribution in [-0.2, 0) is 22.5 Å². The van der Waals surface area contributed by atoms with Crippen molar-refractivity contribution in [1.29, 1.82) is 0 Å². The third-order valence-corrected chi connectivity index (χ3v) is 7.74. The smallest absolute Gasteiger partial charge is 0.269 e. The fourth-order valence-electron chi connectivity index (χ4n) is 5.46. The van der Waals surface area contributed by atoms with E-state index in [2.05, 4.69) is 26.7 Å². The molecule has 0 spiro atoms. The Morgan fingerprint density at radius 3 is 2.65 bits per heavy atom. The highest BCUT2D eigenvalue weighted by molar-refractivity contribution is 5.92. The molecule has 2 aliphatic rings. The molecule has 0 saturated carbocycles. The maximum Gasteiger partial charge on any atom is 0.269 e. The Kier molecular flexibility index (Phi) is 7.88. The number of halogens is 1. The summed E-state index contributed by atoms with van der Waals surface area (Å²) in [5.74, 6) is -0.671. The Bertz CT molecular complexity index is 1490. The molecule has 1 N–H and O–H groups in total. The molecule has 40 heavy (non-hydrogen) atoms. The number of rotatable bonds is 6. The molecule has 208 valence electrons. The summed E-state index contributed by atoms with van der Waals surface area (Å²) in [6, 6.07) is 6.68. The molecule has 4 heterocycles. The van der Waals surface area contributed by atoms with Gasteiger partial charge in [-0.25, -0.2) is 4.39 Å². The zero-order valence-corrected chi connectivity index (χ0v) is 23.0. The van der Waals surface area contributed by atoms with Crippen molar-refractivity contribution in [2.75, 3.05) is 26.8 Å². The van der Waals surface area contributed by atoms with E-state index in [9.17, 15) is 9.59 Å². The molecule has 2 aliphatic heterocycles. The minimum absolute atomic E-state index is 0.0120. The number of aliphatic imine (C=N–C) groups is 1. The number of nitrogens with zero attached hydrogens (tertiary/aromatic N) is 5. The SMILES string of the molecule is C=N/C(=C\c1ccc(F)c(-c2nn(C3CCOCC3)c3c2CN(C(C)=O)CC3)c1C)c1ccc(C(=O)NC)nc1. The van der Waals surface area contributed by atoms with E-state index in [1.54, 1.807) is 43.3 Å². The molecule has 9 nitrogen and oxygen atoms in total. The number of hydrogen-bond acceptors (Lipinski definition) is 6. The summed E-state index contributed by atoms with van der Waals surface area (Å²) in [4.78, 5) is 34.3. The number of pyridine rings is 1. The molecule has 1 saturated heterocycles. The van der Waals surface area contributed by atoms with Gasteiger partial charge in [0.1, 0.15) is 17.2 Å². The van der Waals surface area contributed by atoms with Crippen LogP contribution >= 0.6 is 0 Å². The van der Waals surface area contributed by atoms with Crippen LogP contribution in [0.4, 0.5) is 4.39 Å². The predicted octanol–water partition coefficient (Wildman–Crippen LogP) is 4.21. The summed E-state index contributed by atoms with van der Waals surface area (Å²) in [7, 11) is 1.55. The summed E-state index contributed by atoms with van der Waals surface area (Å²) in [5.41, 5.74) is 5.90. The lowest BCUT2D eigenvalue weighted by atomic mass is 9.94. The molecule has 1 fully saturated rings. The van der Waals surface area contributed by atoms with Crippen LogP contribution in [0.3, 0.4) is 0 Å². The number of ether oxygens (including phenoxy) is 1. The van der Waals surface area contributed by atoms with E-state index in [4.69, 9.17) is 9.84 Å². The van der Waals surface area contributed by atoms with E-state index in [0.717, 1.165) is 29.7 Å². The lowest BCUT2D eigenvalue weighted by Crippen LogP contribution is -2.35. The quantitative estimate of drug-likeness (QED) is 0.469. The van der Waals surface area contributed by atoms with Gasteiger partial charge in [-0.15, -0.1) is 0 Å². The Morgan fingerprint density at radius 2 is 2.00 bits per heavy atom. The van der Waals surface area contributed by atoms with Crippen LogP contribution in [0.5, 0.6) is 0 Å². The molecular weight excluding hydrogens is 511 g/mol. The third kappa shape index (κ3) is 5.19. The molecular formula is C30H33FN6O3. The molecule has 3 aromatic rings. The van der Waals surface area contributed by atoms with Gasteiger partial charge in [0.25, 0.3) is 5.91 Å². The lowest BCUT2D eigenvalue weighted by molar-refractivity contribution is -0.129. The molecule has 0 atom stereocenters. The highest BCUT2D eigenvalue weighted by Gasteiger charge is 2.31. The molecule has 2 aromatic heterocycles. The van der Waals surface area contributed by atoms with Gasteiger partial charge in [-0.2, -0.15) is 5.10 Å². The number of fused-ring (bicyclic) bond motifs is 1. The predicted molar refractivity (Wildman–Crippen MR) is 151 cm³/mol. The minimum atomic E-state index is -0.376. The molecule has 0 unspecified atom stereocenters. The number of hydrogen-bond donors (Lipinski definition) is 1. The first-order valence-electron chi connectivity index (χ1n) is 13.4. The molecule has 5 rings (SSSR count). The fourth-order valence-corrected chi connectivity index (χ4v) is 5.46. The van der Waals surface area contributed by atoms with E-state index in [-0.39, 0.29) is 23.7 Å². The van der Waals surface area contributed by atoms with Crippen LogP contribution in [0.1, 0.15) is 64.2 Å². The Hall–Kier alpha value is -4.18. The van der Waals surface area contributed by atoms with Gasteiger partial charge in [0.15, 0.2) is 0 Å². The van der Waals surface area contributed by atoms with Gasteiger partial charge in [-0.05, 0) is 61.9 Å². The van der Waals surface area contributed by atoms with E-state index in [1.807, 2.05) is 13.0 Å². The van der Waals surface area contributed by atoms with Gasteiger partial charge in [0.05, 0.1) is 11.7 Å². The van der Waals surface area contributed by atoms with Crippen molar-refractivity contribution >= 4 is 30.3 Å². The summed E-state index contributed by atoms with van der Waals surface area (Å²) >= 11 is 0. The average Bonchev–Trinajstić information content (AvgIpc) is 3.35. The maximum atomic E-state index is 15.6. The fraction of sp³-hybridized carbons (Fsp3) is 0.367. The average molecular weight is 545 g/mol. The Labute approximate surface area is 232 Å².